The minimum atomic E-state index is -0.204. The predicted octanol–water partition coefficient (Wildman–Crippen LogP) is 3.37. The molecule has 0 radical (unpaired) electrons. The maximum absolute atomic E-state index is 12.8. The number of carbonyl (C=O) groups is 1. The number of nitrogens with one attached hydrogen (secondary N) is 2. The zero-order chi connectivity index (χ0) is 19.4. The molecule has 140 valence electrons. The van der Waals surface area contributed by atoms with Gasteiger partial charge < -0.3 is 15.4 Å². The fraction of sp³-hybridized carbons (Fsp3) is 0.250. The van der Waals surface area contributed by atoms with Gasteiger partial charge in [-0.2, -0.15) is 5.10 Å². The van der Waals surface area contributed by atoms with Crippen LogP contribution >= 0.6 is 0 Å². The number of hydrogen-bond acceptors (Lipinski definition) is 5. The van der Waals surface area contributed by atoms with E-state index in [4.69, 9.17) is 4.74 Å². The fourth-order valence-corrected chi connectivity index (χ4v) is 2.82. The Morgan fingerprint density at radius 2 is 2.07 bits per heavy atom. The fourth-order valence-electron chi connectivity index (χ4n) is 2.82. The summed E-state index contributed by atoms with van der Waals surface area (Å²) in [6.07, 6.45) is 3.42. The number of aromatic nitrogens is 3. The molecule has 0 aliphatic rings. The largest absolute Gasteiger partial charge is 0.497 e. The number of anilines is 2. The summed E-state index contributed by atoms with van der Waals surface area (Å²) in [5.41, 5.74) is 3.26. The molecule has 7 heteroatoms. The third-order valence-corrected chi connectivity index (χ3v) is 4.47. The lowest BCUT2D eigenvalue weighted by Gasteiger charge is -2.16. The van der Waals surface area contributed by atoms with E-state index in [-0.39, 0.29) is 11.9 Å². The minimum Gasteiger partial charge on any atom is -0.497 e. The average Bonchev–Trinajstić information content (AvgIpc) is 3.01. The van der Waals surface area contributed by atoms with Gasteiger partial charge in [0.15, 0.2) is 0 Å². The van der Waals surface area contributed by atoms with Crippen molar-refractivity contribution in [3.05, 3.63) is 65.6 Å². The summed E-state index contributed by atoms with van der Waals surface area (Å²) >= 11 is 0. The van der Waals surface area contributed by atoms with Gasteiger partial charge in [0.05, 0.1) is 24.9 Å². The number of nitrogens with zero attached hydrogens (tertiary/aromatic N) is 3. The van der Waals surface area contributed by atoms with Crippen molar-refractivity contribution in [2.45, 2.75) is 19.9 Å². The van der Waals surface area contributed by atoms with Gasteiger partial charge >= 0.3 is 0 Å². The highest BCUT2D eigenvalue weighted by Crippen LogP contribution is 2.23. The number of aryl methyl sites for hydroxylation is 1. The van der Waals surface area contributed by atoms with Crippen molar-refractivity contribution in [3.8, 4) is 5.75 Å². The van der Waals surface area contributed by atoms with Crippen molar-refractivity contribution in [3.63, 3.8) is 0 Å². The molecule has 1 atom stereocenters. The Bertz CT molecular complexity index is 951. The first-order chi connectivity index (χ1) is 13.0. The molecule has 3 aromatic rings. The van der Waals surface area contributed by atoms with E-state index >= 15 is 0 Å². The Hall–Kier alpha value is -3.35. The number of carbonyl (C=O) groups excluding carboxylic acids is 1. The van der Waals surface area contributed by atoms with E-state index in [1.54, 1.807) is 36.3 Å². The summed E-state index contributed by atoms with van der Waals surface area (Å²) in [7, 11) is 3.49. The Balaban J connectivity index is 1.80. The van der Waals surface area contributed by atoms with Crippen molar-refractivity contribution in [1.29, 1.82) is 0 Å². The van der Waals surface area contributed by atoms with E-state index in [0.717, 1.165) is 22.7 Å². The van der Waals surface area contributed by atoms with Gasteiger partial charge in [-0.25, -0.2) is 4.98 Å². The Kier molecular flexibility index (Phi) is 5.40. The molecule has 27 heavy (non-hydrogen) atoms. The summed E-state index contributed by atoms with van der Waals surface area (Å²) in [5, 5.41) is 10.4. The Morgan fingerprint density at radius 1 is 1.26 bits per heavy atom. The van der Waals surface area contributed by atoms with Gasteiger partial charge in [-0.05, 0) is 38.1 Å². The monoisotopic (exact) mass is 365 g/mol. The van der Waals surface area contributed by atoms with Gasteiger partial charge in [0, 0.05) is 36.3 Å². The van der Waals surface area contributed by atoms with E-state index in [1.165, 1.54) is 0 Å². The second kappa shape index (κ2) is 7.90. The van der Waals surface area contributed by atoms with Gasteiger partial charge in [-0.3, -0.25) is 9.48 Å². The van der Waals surface area contributed by atoms with Crippen LogP contribution in [0.5, 0.6) is 5.75 Å². The van der Waals surface area contributed by atoms with Crippen molar-refractivity contribution in [2.75, 3.05) is 12.4 Å². The molecule has 0 spiro atoms. The number of hydrogen-bond donors (Lipinski definition) is 2. The van der Waals surface area contributed by atoms with Crippen molar-refractivity contribution in [2.24, 2.45) is 7.05 Å². The lowest BCUT2D eigenvalue weighted by atomic mass is 10.1. The van der Waals surface area contributed by atoms with Crippen LogP contribution in [-0.2, 0) is 7.05 Å². The highest BCUT2D eigenvalue weighted by Gasteiger charge is 2.18. The first kappa shape index (κ1) is 18.4. The molecule has 0 saturated carbocycles. The smallest absolute Gasteiger partial charge is 0.255 e. The standard InChI is InChI=1S/C20H23N5O2/c1-13(18-12-22-25(3)14(18)2)23-20(26)17-9-6-10-21-19(17)24-15-7-5-8-16(11-15)27-4/h5-13H,1-4H3,(H,21,24)(H,23,26). The molecule has 7 nitrogen and oxygen atoms in total. The highest BCUT2D eigenvalue weighted by atomic mass is 16.5. The highest BCUT2D eigenvalue weighted by molar-refractivity contribution is 5.99. The second-order valence-electron chi connectivity index (χ2n) is 6.26. The first-order valence-electron chi connectivity index (χ1n) is 8.65. The van der Waals surface area contributed by atoms with Crippen LogP contribution in [0.25, 0.3) is 0 Å². The number of methoxy groups -OCH3 is 1. The molecular formula is C20H23N5O2. The van der Waals surface area contributed by atoms with E-state index in [2.05, 4.69) is 20.7 Å². The normalized spacial score (nSPS) is 11.7. The molecule has 3 rings (SSSR count). The van der Waals surface area contributed by atoms with Crippen molar-refractivity contribution >= 4 is 17.4 Å². The van der Waals surface area contributed by atoms with Gasteiger partial charge in [-0.15, -0.1) is 0 Å². The van der Waals surface area contributed by atoms with Gasteiger partial charge in [0.2, 0.25) is 0 Å². The number of pyridine rings is 1. The van der Waals surface area contributed by atoms with E-state index in [9.17, 15) is 4.79 Å². The zero-order valence-corrected chi connectivity index (χ0v) is 15.9. The molecule has 2 N–H and O–H groups in total. The minimum absolute atomic E-state index is 0.170. The molecule has 1 aromatic carbocycles. The van der Waals surface area contributed by atoms with Crippen molar-refractivity contribution < 1.29 is 9.53 Å². The molecule has 1 unspecified atom stereocenters. The Morgan fingerprint density at radius 3 is 2.78 bits per heavy atom. The molecule has 0 bridgehead atoms. The van der Waals surface area contributed by atoms with Gasteiger partial charge in [0.25, 0.3) is 5.91 Å². The Labute approximate surface area is 158 Å². The molecule has 0 aliphatic carbocycles. The quantitative estimate of drug-likeness (QED) is 0.700. The molecule has 0 fully saturated rings. The van der Waals surface area contributed by atoms with Crippen LogP contribution in [0.15, 0.2) is 48.8 Å². The van der Waals surface area contributed by atoms with Crippen LogP contribution in [0, 0.1) is 6.92 Å². The number of benzene rings is 1. The summed E-state index contributed by atoms with van der Waals surface area (Å²) in [6.45, 7) is 3.91. The van der Waals surface area contributed by atoms with Gasteiger partial charge in [-0.1, -0.05) is 6.07 Å². The summed E-state index contributed by atoms with van der Waals surface area (Å²) in [6, 6.07) is 10.8. The molecule has 0 saturated heterocycles. The molecule has 2 heterocycles. The van der Waals surface area contributed by atoms with Crippen LogP contribution in [-0.4, -0.2) is 27.8 Å². The molecule has 2 aromatic heterocycles. The first-order valence-corrected chi connectivity index (χ1v) is 8.65. The molecule has 0 aliphatic heterocycles. The maximum atomic E-state index is 12.8. The summed E-state index contributed by atoms with van der Waals surface area (Å²) in [5.74, 6) is 1.00. The number of amides is 1. The molecule has 1 amide bonds. The molecular weight excluding hydrogens is 342 g/mol. The predicted molar refractivity (Wildman–Crippen MR) is 104 cm³/mol. The number of rotatable bonds is 6. The van der Waals surface area contributed by atoms with Crippen molar-refractivity contribution in [1.82, 2.24) is 20.1 Å². The number of ether oxygens (including phenoxy) is 1. The third kappa shape index (κ3) is 4.08. The van der Waals surface area contributed by atoms with Crippen LogP contribution in [0.4, 0.5) is 11.5 Å². The second-order valence-corrected chi connectivity index (χ2v) is 6.26. The van der Waals surface area contributed by atoms with Crippen LogP contribution in [0.2, 0.25) is 0 Å². The third-order valence-electron chi connectivity index (χ3n) is 4.47. The zero-order valence-electron chi connectivity index (χ0n) is 15.9. The summed E-state index contributed by atoms with van der Waals surface area (Å²) < 4.78 is 7.03. The van der Waals surface area contributed by atoms with Crippen LogP contribution < -0.4 is 15.4 Å². The van der Waals surface area contributed by atoms with E-state index < -0.39 is 0 Å². The maximum Gasteiger partial charge on any atom is 0.255 e. The van der Waals surface area contributed by atoms with Gasteiger partial charge in [0.1, 0.15) is 11.6 Å². The van der Waals surface area contributed by atoms with Crippen LogP contribution in [0.1, 0.15) is 34.6 Å². The lowest BCUT2D eigenvalue weighted by Crippen LogP contribution is -2.27. The lowest BCUT2D eigenvalue weighted by molar-refractivity contribution is 0.0940. The SMILES string of the molecule is COc1cccc(Nc2ncccc2C(=O)NC(C)c2cnn(C)c2C)c1. The summed E-state index contributed by atoms with van der Waals surface area (Å²) in [4.78, 5) is 17.2. The average molecular weight is 365 g/mol. The topological polar surface area (TPSA) is 81.1 Å². The van der Waals surface area contributed by atoms with Crippen LogP contribution in [0.3, 0.4) is 0 Å². The van der Waals surface area contributed by atoms with E-state index in [0.29, 0.717) is 11.4 Å². The van der Waals surface area contributed by atoms with E-state index in [1.807, 2.05) is 45.2 Å².